The molecule has 2 aromatic rings. The number of aromatic nitrogens is 1. The standard InChI is InChI=1S/C15H17BrN2O2/c1-2-13(17)11(8-14(19)20)9-5-6-12(16)10-4-3-7-18-15(9)10/h3-7,11,13H,2,8,17H2,1H3,(H,19,20). The number of benzene rings is 1. The molecule has 2 atom stereocenters. The third-order valence-electron chi connectivity index (χ3n) is 3.53. The lowest BCUT2D eigenvalue weighted by molar-refractivity contribution is -0.137. The molecule has 0 saturated heterocycles. The van der Waals surface area contributed by atoms with Crippen LogP contribution in [0.3, 0.4) is 0 Å². The first-order valence-corrected chi connectivity index (χ1v) is 7.34. The van der Waals surface area contributed by atoms with Gasteiger partial charge in [0.2, 0.25) is 0 Å². The van der Waals surface area contributed by atoms with Gasteiger partial charge in [-0.05, 0) is 24.1 Å². The van der Waals surface area contributed by atoms with Crippen LogP contribution in [0.1, 0.15) is 31.2 Å². The summed E-state index contributed by atoms with van der Waals surface area (Å²) in [5.41, 5.74) is 7.84. The van der Waals surface area contributed by atoms with Crippen molar-refractivity contribution in [2.75, 3.05) is 0 Å². The van der Waals surface area contributed by atoms with Crippen molar-refractivity contribution in [1.82, 2.24) is 4.98 Å². The van der Waals surface area contributed by atoms with Crippen LogP contribution in [0, 0.1) is 0 Å². The van der Waals surface area contributed by atoms with Gasteiger partial charge in [-0.25, -0.2) is 0 Å². The first-order chi connectivity index (χ1) is 9.54. The van der Waals surface area contributed by atoms with Crippen molar-refractivity contribution in [2.24, 2.45) is 5.73 Å². The molecule has 0 amide bonds. The maximum atomic E-state index is 11.1. The first kappa shape index (κ1) is 14.9. The highest BCUT2D eigenvalue weighted by molar-refractivity contribution is 9.10. The Morgan fingerprint density at radius 1 is 1.45 bits per heavy atom. The van der Waals surface area contributed by atoms with Gasteiger partial charge < -0.3 is 10.8 Å². The van der Waals surface area contributed by atoms with Crippen molar-refractivity contribution in [2.45, 2.75) is 31.7 Å². The number of aliphatic carboxylic acids is 1. The Kier molecular flexibility index (Phi) is 4.73. The molecule has 0 radical (unpaired) electrons. The predicted octanol–water partition coefficient (Wildman–Crippen LogP) is 3.29. The van der Waals surface area contributed by atoms with Gasteiger partial charge in [-0.1, -0.05) is 35.0 Å². The maximum absolute atomic E-state index is 11.1. The number of carboxylic acids is 1. The lowest BCUT2D eigenvalue weighted by Gasteiger charge is -2.23. The van der Waals surface area contributed by atoms with Crippen molar-refractivity contribution >= 4 is 32.8 Å². The van der Waals surface area contributed by atoms with E-state index in [4.69, 9.17) is 10.8 Å². The third kappa shape index (κ3) is 2.99. The lowest BCUT2D eigenvalue weighted by atomic mass is 9.86. The Morgan fingerprint density at radius 2 is 2.20 bits per heavy atom. The molecule has 0 fully saturated rings. The molecule has 1 heterocycles. The van der Waals surface area contributed by atoms with E-state index in [1.165, 1.54) is 0 Å². The van der Waals surface area contributed by atoms with Gasteiger partial charge in [-0.2, -0.15) is 0 Å². The first-order valence-electron chi connectivity index (χ1n) is 6.55. The van der Waals surface area contributed by atoms with Gasteiger partial charge in [0.05, 0.1) is 11.9 Å². The number of rotatable bonds is 5. The molecule has 0 aliphatic heterocycles. The van der Waals surface area contributed by atoms with E-state index in [2.05, 4.69) is 20.9 Å². The van der Waals surface area contributed by atoms with E-state index in [1.54, 1.807) is 6.20 Å². The Bertz CT molecular complexity index is 630. The van der Waals surface area contributed by atoms with Gasteiger partial charge in [-0.3, -0.25) is 9.78 Å². The number of carboxylic acid groups (broad SMARTS) is 1. The van der Waals surface area contributed by atoms with Gasteiger partial charge in [0.15, 0.2) is 0 Å². The minimum absolute atomic E-state index is 0.0162. The molecule has 5 heteroatoms. The van der Waals surface area contributed by atoms with Crippen LogP contribution in [0.2, 0.25) is 0 Å². The monoisotopic (exact) mass is 336 g/mol. The zero-order valence-corrected chi connectivity index (χ0v) is 12.8. The highest BCUT2D eigenvalue weighted by Crippen LogP contribution is 2.33. The Balaban J connectivity index is 2.58. The number of hydrogen-bond donors (Lipinski definition) is 2. The van der Waals surface area contributed by atoms with E-state index in [-0.39, 0.29) is 18.4 Å². The van der Waals surface area contributed by atoms with Crippen molar-refractivity contribution in [3.8, 4) is 0 Å². The molecule has 0 aliphatic carbocycles. The summed E-state index contributed by atoms with van der Waals surface area (Å²) < 4.78 is 0.948. The minimum atomic E-state index is -0.842. The summed E-state index contributed by atoms with van der Waals surface area (Å²) >= 11 is 3.50. The zero-order valence-electron chi connectivity index (χ0n) is 11.2. The average molecular weight is 337 g/mol. The topological polar surface area (TPSA) is 76.2 Å². The number of pyridine rings is 1. The van der Waals surface area contributed by atoms with Gasteiger partial charge in [0.25, 0.3) is 0 Å². The zero-order chi connectivity index (χ0) is 14.7. The van der Waals surface area contributed by atoms with E-state index >= 15 is 0 Å². The summed E-state index contributed by atoms with van der Waals surface area (Å²) in [5, 5.41) is 10.1. The molecule has 2 unspecified atom stereocenters. The average Bonchev–Trinajstić information content (AvgIpc) is 2.45. The molecule has 3 N–H and O–H groups in total. The third-order valence-corrected chi connectivity index (χ3v) is 4.22. The van der Waals surface area contributed by atoms with E-state index < -0.39 is 5.97 Å². The van der Waals surface area contributed by atoms with Crippen LogP contribution in [0.25, 0.3) is 10.9 Å². The van der Waals surface area contributed by atoms with Crippen LogP contribution in [0.5, 0.6) is 0 Å². The smallest absolute Gasteiger partial charge is 0.304 e. The van der Waals surface area contributed by atoms with Crippen molar-refractivity contribution in [3.05, 3.63) is 40.5 Å². The van der Waals surface area contributed by atoms with E-state index in [0.717, 1.165) is 27.4 Å². The van der Waals surface area contributed by atoms with Crippen LogP contribution in [0.4, 0.5) is 0 Å². The molecule has 0 saturated carbocycles. The second-order valence-electron chi connectivity index (χ2n) is 4.81. The molecule has 0 aliphatic rings. The second-order valence-corrected chi connectivity index (χ2v) is 5.67. The molecular formula is C15H17BrN2O2. The highest BCUT2D eigenvalue weighted by atomic mass is 79.9. The summed E-state index contributed by atoms with van der Waals surface area (Å²) in [7, 11) is 0. The highest BCUT2D eigenvalue weighted by Gasteiger charge is 2.24. The molecule has 4 nitrogen and oxygen atoms in total. The molecule has 1 aromatic heterocycles. The molecule has 20 heavy (non-hydrogen) atoms. The summed E-state index contributed by atoms with van der Waals surface area (Å²) in [5.74, 6) is -1.08. The lowest BCUT2D eigenvalue weighted by Crippen LogP contribution is -2.29. The van der Waals surface area contributed by atoms with Gasteiger partial charge in [0, 0.05) is 28.0 Å². The largest absolute Gasteiger partial charge is 0.481 e. The summed E-state index contributed by atoms with van der Waals surface area (Å²) in [6.45, 7) is 1.97. The van der Waals surface area contributed by atoms with Gasteiger partial charge in [0.1, 0.15) is 0 Å². The Labute approximate surface area is 126 Å². The quantitative estimate of drug-likeness (QED) is 0.878. The number of halogens is 1. The molecule has 0 bridgehead atoms. The summed E-state index contributed by atoms with van der Waals surface area (Å²) in [6, 6.07) is 7.48. The van der Waals surface area contributed by atoms with E-state index in [1.807, 2.05) is 31.2 Å². The SMILES string of the molecule is CCC(N)C(CC(=O)O)c1ccc(Br)c2cccnc12. The Morgan fingerprint density at radius 3 is 2.85 bits per heavy atom. The predicted molar refractivity (Wildman–Crippen MR) is 82.7 cm³/mol. The number of nitrogens with zero attached hydrogens (tertiary/aromatic N) is 1. The van der Waals surface area contributed by atoms with Gasteiger partial charge >= 0.3 is 5.97 Å². The fourth-order valence-electron chi connectivity index (χ4n) is 2.42. The van der Waals surface area contributed by atoms with E-state index in [9.17, 15) is 4.79 Å². The fraction of sp³-hybridized carbons (Fsp3) is 0.333. The number of nitrogens with two attached hydrogens (primary N) is 1. The van der Waals surface area contributed by atoms with E-state index in [0.29, 0.717) is 0 Å². The van der Waals surface area contributed by atoms with Crippen LogP contribution in [-0.4, -0.2) is 22.1 Å². The summed E-state index contributed by atoms with van der Waals surface area (Å²) in [4.78, 5) is 15.5. The van der Waals surface area contributed by atoms with Crippen LogP contribution in [-0.2, 0) is 4.79 Å². The van der Waals surface area contributed by atoms with Crippen LogP contribution in [0.15, 0.2) is 34.9 Å². The van der Waals surface area contributed by atoms with Crippen molar-refractivity contribution in [3.63, 3.8) is 0 Å². The van der Waals surface area contributed by atoms with Crippen molar-refractivity contribution < 1.29 is 9.90 Å². The Hall–Kier alpha value is -1.46. The summed E-state index contributed by atoms with van der Waals surface area (Å²) in [6.07, 6.45) is 2.46. The molecule has 0 spiro atoms. The normalized spacial score (nSPS) is 14.2. The minimum Gasteiger partial charge on any atom is -0.481 e. The fourth-order valence-corrected chi connectivity index (χ4v) is 2.88. The second kappa shape index (κ2) is 6.33. The van der Waals surface area contributed by atoms with Crippen molar-refractivity contribution in [1.29, 1.82) is 0 Å². The number of hydrogen-bond acceptors (Lipinski definition) is 3. The molecule has 106 valence electrons. The van der Waals surface area contributed by atoms with Crippen LogP contribution >= 0.6 is 15.9 Å². The van der Waals surface area contributed by atoms with Crippen LogP contribution < -0.4 is 5.73 Å². The molecular weight excluding hydrogens is 320 g/mol. The number of carbonyl (C=O) groups is 1. The molecule has 2 rings (SSSR count). The number of fused-ring (bicyclic) bond motifs is 1. The maximum Gasteiger partial charge on any atom is 0.304 e. The molecule has 1 aromatic carbocycles. The van der Waals surface area contributed by atoms with Gasteiger partial charge in [-0.15, -0.1) is 0 Å².